The summed E-state index contributed by atoms with van der Waals surface area (Å²) in [5.41, 5.74) is -7.35. The number of benzene rings is 1. The van der Waals surface area contributed by atoms with Gasteiger partial charge in [0.15, 0.2) is 17.8 Å². The Morgan fingerprint density at radius 3 is 1.78 bits per heavy atom. The topological polar surface area (TPSA) is 178 Å². The van der Waals surface area contributed by atoms with E-state index in [9.17, 15) is 33.9 Å². The van der Waals surface area contributed by atoms with Gasteiger partial charge < -0.3 is 33.5 Å². The summed E-state index contributed by atoms with van der Waals surface area (Å²) >= 11 is 0. The van der Waals surface area contributed by atoms with Gasteiger partial charge in [0.25, 0.3) is 0 Å². The second-order valence-corrected chi connectivity index (χ2v) is 15.0. The lowest BCUT2D eigenvalue weighted by Gasteiger charge is -2.58. The molecule has 0 radical (unpaired) electrons. The summed E-state index contributed by atoms with van der Waals surface area (Å²) in [6.45, 7) is 12.4. The fraction of sp³-hybridized carbons (Fsp3) is 0.667. The van der Waals surface area contributed by atoms with E-state index in [1.54, 1.807) is 51.1 Å². The highest BCUT2D eigenvalue weighted by atomic mass is 16.6. The number of hydrogen-bond donors (Lipinski definition) is 1. The zero-order valence-electron chi connectivity index (χ0n) is 29.3. The van der Waals surface area contributed by atoms with Crippen LogP contribution in [0.5, 0.6) is 5.75 Å². The van der Waals surface area contributed by atoms with Crippen LogP contribution in [0.3, 0.4) is 0 Å². The Labute approximate surface area is 285 Å². The maximum atomic E-state index is 14.5. The number of carbonyl (C=O) groups is 6. The highest BCUT2D eigenvalue weighted by Crippen LogP contribution is 2.69. The Balaban J connectivity index is 1.92. The number of Topliss-reactive ketones (excluding diaryl/α,β-unsaturated/α-hetero) is 1. The van der Waals surface area contributed by atoms with Gasteiger partial charge in [0, 0.05) is 52.9 Å². The largest absolute Gasteiger partial charge is 0.490 e. The van der Waals surface area contributed by atoms with Gasteiger partial charge in [-0.1, -0.05) is 32.0 Å². The van der Waals surface area contributed by atoms with Crippen LogP contribution in [-0.2, 0) is 52.5 Å². The number of para-hydroxylation sites is 1. The first-order valence-electron chi connectivity index (χ1n) is 16.6. The summed E-state index contributed by atoms with van der Waals surface area (Å²) < 4.78 is 37.0. The van der Waals surface area contributed by atoms with Gasteiger partial charge in [-0.15, -0.1) is 0 Å². The fourth-order valence-electron chi connectivity index (χ4n) is 9.92. The van der Waals surface area contributed by atoms with Crippen LogP contribution >= 0.6 is 0 Å². The molecule has 0 aromatic heterocycles. The Hall–Kier alpha value is -4.00. The summed E-state index contributed by atoms with van der Waals surface area (Å²) in [4.78, 5) is 79.6. The van der Waals surface area contributed by atoms with Crippen molar-refractivity contribution in [1.29, 1.82) is 0 Å². The molecule has 2 bridgehead atoms. The van der Waals surface area contributed by atoms with Crippen molar-refractivity contribution in [1.82, 2.24) is 0 Å². The van der Waals surface area contributed by atoms with Gasteiger partial charge in [-0.3, -0.25) is 28.8 Å². The van der Waals surface area contributed by atoms with Crippen molar-refractivity contribution < 1.29 is 62.3 Å². The van der Waals surface area contributed by atoms with Crippen molar-refractivity contribution in [3.8, 4) is 5.75 Å². The zero-order chi connectivity index (χ0) is 36.4. The molecule has 4 aliphatic rings. The number of hydrogen-bond acceptors (Lipinski definition) is 13. The molecule has 268 valence electrons. The van der Waals surface area contributed by atoms with E-state index < -0.39 is 106 Å². The van der Waals surface area contributed by atoms with Gasteiger partial charge in [-0.05, 0) is 38.3 Å². The van der Waals surface area contributed by atoms with Gasteiger partial charge >= 0.3 is 29.8 Å². The van der Waals surface area contributed by atoms with E-state index in [1.165, 1.54) is 6.92 Å². The lowest BCUT2D eigenvalue weighted by Crippen LogP contribution is -2.71. The minimum atomic E-state index is -2.12. The quantitative estimate of drug-likeness (QED) is 0.327. The Morgan fingerprint density at radius 2 is 1.24 bits per heavy atom. The monoisotopic (exact) mass is 686 g/mol. The van der Waals surface area contributed by atoms with Crippen LogP contribution in [0.1, 0.15) is 75.2 Å². The maximum Gasteiger partial charge on any atom is 0.303 e. The van der Waals surface area contributed by atoms with E-state index in [4.69, 9.17) is 28.4 Å². The molecule has 12 atom stereocenters. The first kappa shape index (κ1) is 36.3. The minimum absolute atomic E-state index is 0.0730. The summed E-state index contributed by atoms with van der Waals surface area (Å²) in [5, 5.41) is 13.3. The maximum absolute atomic E-state index is 14.5. The van der Waals surface area contributed by atoms with Crippen molar-refractivity contribution in [3.63, 3.8) is 0 Å². The SMILES string of the molecule is CC(=O)OC1[C@@]2(C)C(OC(C)=O)[C@@]3(O)C[C@H](C)[C@H](Oc4ccccc4)[C@@H]3[C@@H](OC(C)=O)[C@]1(OC(C)=O)C[C@H]1C(=O)C(C)(C)[C@@H](OC(C)=O)[C@@H]12. The number of ether oxygens (including phenoxy) is 6. The lowest BCUT2D eigenvalue weighted by atomic mass is 9.53. The van der Waals surface area contributed by atoms with Crippen LogP contribution in [0.2, 0.25) is 0 Å². The first-order chi connectivity index (χ1) is 22.7. The molecule has 4 saturated carbocycles. The predicted octanol–water partition coefficient (Wildman–Crippen LogP) is 3.11. The molecule has 4 fully saturated rings. The van der Waals surface area contributed by atoms with Gasteiger partial charge in [0.2, 0.25) is 0 Å². The second-order valence-electron chi connectivity index (χ2n) is 15.0. The average molecular weight is 687 g/mol. The third-order valence-electron chi connectivity index (χ3n) is 11.2. The number of esters is 5. The van der Waals surface area contributed by atoms with Crippen molar-refractivity contribution in [2.24, 2.45) is 34.5 Å². The molecule has 0 spiro atoms. The van der Waals surface area contributed by atoms with Gasteiger partial charge in [0.05, 0.1) is 16.7 Å². The molecule has 0 aliphatic heterocycles. The van der Waals surface area contributed by atoms with Crippen molar-refractivity contribution >= 4 is 35.6 Å². The molecule has 2 unspecified atom stereocenters. The van der Waals surface area contributed by atoms with E-state index in [-0.39, 0.29) is 18.6 Å². The van der Waals surface area contributed by atoms with Crippen LogP contribution < -0.4 is 4.74 Å². The third kappa shape index (κ3) is 5.67. The number of carbonyl (C=O) groups excluding carboxylic acids is 6. The molecule has 5 rings (SSSR count). The standard InChI is InChI=1S/C36H46O13/c1-17-15-35(43)26(27(17)48-23-13-11-10-12-14-23)30(45-19(3)38)36(49-22(6)41)16-24-25(29(44-18(2)37)33(7,8)28(24)42)34(9,31(35)46-20(4)39)32(36)47-21(5)40/h10-14,17,24-27,29-32,43H,15-16H2,1-9H3/t17-,24+,25+,26+,27-,29-,30+,31?,32?,34+,35+,36+/m0/s1. The summed E-state index contributed by atoms with van der Waals surface area (Å²) in [7, 11) is 0. The highest BCUT2D eigenvalue weighted by Gasteiger charge is 2.84. The normalized spacial score (nSPS) is 40.1. The molecule has 1 aromatic rings. The molecule has 0 heterocycles. The molecule has 1 aromatic carbocycles. The summed E-state index contributed by atoms with van der Waals surface area (Å²) in [5.74, 6) is -7.78. The first-order valence-corrected chi connectivity index (χ1v) is 16.6. The molecule has 4 aliphatic carbocycles. The molecular formula is C36H46O13. The zero-order valence-corrected chi connectivity index (χ0v) is 29.3. The highest BCUT2D eigenvalue weighted by molar-refractivity contribution is 5.91. The predicted molar refractivity (Wildman–Crippen MR) is 168 cm³/mol. The smallest absolute Gasteiger partial charge is 0.303 e. The van der Waals surface area contributed by atoms with Crippen LogP contribution in [0.25, 0.3) is 0 Å². The van der Waals surface area contributed by atoms with Crippen LogP contribution in [-0.4, -0.2) is 82.5 Å². The molecule has 49 heavy (non-hydrogen) atoms. The van der Waals surface area contributed by atoms with E-state index in [0.29, 0.717) is 5.75 Å². The van der Waals surface area contributed by atoms with Gasteiger partial charge in [-0.2, -0.15) is 0 Å². The summed E-state index contributed by atoms with van der Waals surface area (Å²) in [6.07, 6.45) is -7.29. The molecule has 1 N–H and O–H groups in total. The third-order valence-corrected chi connectivity index (χ3v) is 11.2. The Morgan fingerprint density at radius 1 is 0.714 bits per heavy atom. The summed E-state index contributed by atoms with van der Waals surface area (Å²) in [6, 6.07) is 8.74. The molecule has 13 nitrogen and oxygen atoms in total. The van der Waals surface area contributed by atoms with Crippen molar-refractivity contribution in [2.75, 3.05) is 0 Å². The second kappa shape index (κ2) is 12.4. The Kier molecular flexibility index (Phi) is 9.18. The van der Waals surface area contributed by atoms with Crippen molar-refractivity contribution in [3.05, 3.63) is 30.3 Å². The number of fused-ring (bicyclic) bond motifs is 5. The van der Waals surface area contributed by atoms with E-state index in [0.717, 1.165) is 27.7 Å². The molecule has 0 saturated heterocycles. The van der Waals surface area contributed by atoms with E-state index in [2.05, 4.69) is 0 Å². The van der Waals surface area contributed by atoms with Crippen LogP contribution in [0.15, 0.2) is 30.3 Å². The Bertz CT molecular complexity index is 1540. The molecular weight excluding hydrogens is 640 g/mol. The average Bonchev–Trinajstić information content (AvgIpc) is 3.32. The molecule has 13 heteroatoms. The molecule has 0 amide bonds. The minimum Gasteiger partial charge on any atom is -0.490 e. The number of aliphatic hydroxyl groups is 1. The van der Waals surface area contributed by atoms with Crippen LogP contribution in [0.4, 0.5) is 0 Å². The fourth-order valence-corrected chi connectivity index (χ4v) is 9.92. The van der Waals surface area contributed by atoms with Gasteiger partial charge in [-0.25, -0.2) is 0 Å². The van der Waals surface area contributed by atoms with E-state index in [1.807, 2.05) is 6.92 Å². The van der Waals surface area contributed by atoms with E-state index >= 15 is 0 Å². The number of rotatable bonds is 7. The van der Waals surface area contributed by atoms with Gasteiger partial charge in [0.1, 0.15) is 35.4 Å². The van der Waals surface area contributed by atoms with Crippen molar-refractivity contribution in [2.45, 2.75) is 117 Å². The number of ketones is 1. The lowest BCUT2D eigenvalue weighted by molar-refractivity contribution is -0.276. The van der Waals surface area contributed by atoms with Crippen LogP contribution in [0, 0.1) is 34.5 Å².